The molecule has 2 N–H and O–H groups in total. The smallest absolute Gasteiger partial charge is 0.229 e. The Hall–Kier alpha value is -3.42. The minimum absolute atomic E-state index is 0.0473. The number of amides is 2. The highest BCUT2D eigenvalue weighted by molar-refractivity contribution is 6.07. The van der Waals surface area contributed by atoms with Crippen LogP contribution in [0.25, 0.3) is 10.9 Å². The van der Waals surface area contributed by atoms with Gasteiger partial charge in [0.2, 0.25) is 11.8 Å². The monoisotopic (exact) mass is 382 g/mol. The predicted octanol–water partition coefficient (Wildman–Crippen LogP) is 3.09. The summed E-state index contributed by atoms with van der Waals surface area (Å²) in [7, 11) is 0. The van der Waals surface area contributed by atoms with Gasteiger partial charge in [0.1, 0.15) is 11.6 Å². The summed E-state index contributed by atoms with van der Waals surface area (Å²) in [4.78, 5) is 26.4. The second-order valence-electron chi connectivity index (χ2n) is 6.56. The van der Waals surface area contributed by atoms with Crippen molar-refractivity contribution in [2.24, 2.45) is 5.92 Å². The molecule has 7 nitrogen and oxygen atoms in total. The van der Waals surface area contributed by atoms with Gasteiger partial charge in [-0.15, -0.1) is 0 Å². The average Bonchev–Trinajstić information content (AvgIpc) is 3.28. The summed E-state index contributed by atoms with van der Waals surface area (Å²) in [6.45, 7) is 2.61. The van der Waals surface area contributed by atoms with Crippen molar-refractivity contribution in [3.63, 3.8) is 0 Å². The molecule has 1 atom stereocenters. The molecule has 1 saturated heterocycles. The number of hydrogen-bond donors (Lipinski definition) is 2. The maximum atomic E-state index is 14.2. The lowest BCUT2D eigenvalue weighted by Gasteiger charge is -2.14. The van der Waals surface area contributed by atoms with Crippen LogP contribution in [0.3, 0.4) is 0 Å². The van der Waals surface area contributed by atoms with E-state index in [1.165, 1.54) is 11.0 Å². The third-order valence-corrected chi connectivity index (χ3v) is 4.70. The zero-order valence-electron chi connectivity index (χ0n) is 15.2. The number of anilines is 2. The number of aromatic nitrogens is 2. The molecule has 0 bridgehead atoms. The summed E-state index contributed by atoms with van der Waals surface area (Å²) >= 11 is 0. The Labute approximate surface area is 160 Å². The van der Waals surface area contributed by atoms with Crippen LogP contribution >= 0.6 is 0 Å². The number of carbonyl (C=O) groups is 2. The Kier molecular flexibility index (Phi) is 4.68. The van der Waals surface area contributed by atoms with Crippen LogP contribution in [0.4, 0.5) is 15.9 Å². The van der Waals surface area contributed by atoms with Gasteiger partial charge in [-0.2, -0.15) is 5.10 Å². The maximum absolute atomic E-state index is 14.2. The molecular weight excluding hydrogens is 363 g/mol. The van der Waals surface area contributed by atoms with Crippen molar-refractivity contribution >= 4 is 34.2 Å². The molecule has 144 valence electrons. The van der Waals surface area contributed by atoms with Gasteiger partial charge in [0, 0.05) is 18.7 Å². The van der Waals surface area contributed by atoms with Crippen LogP contribution < -0.4 is 15.0 Å². The minimum Gasteiger partial charge on any atom is -0.494 e. The van der Waals surface area contributed by atoms with E-state index >= 15 is 0 Å². The molecule has 2 heterocycles. The lowest BCUT2D eigenvalue weighted by atomic mass is 10.1. The first-order valence-electron chi connectivity index (χ1n) is 9.03. The fourth-order valence-electron chi connectivity index (χ4n) is 3.34. The standard InChI is InChI=1S/C20H19FN4O3/c1-2-28-14-8-6-13(7-9-14)22-20(27)12-10-17(26)25(11-12)19-18-15(21)4-3-5-16(18)23-24-19/h3-9,12H,2,10-11H2,1H3,(H,22,27)(H,23,24)/t12-/m0/s1. The van der Waals surface area contributed by atoms with Crippen molar-refractivity contribution in [3.05, 3.63) is 48.3 Å². The number of ether oxygens (including phenoxy) is 1. The predicted molar refractivity (Wildman–Crippen MR) is 103 cm³/mol. The summed E-state index contributed by atoms with van der Waals surface area (Å²) in [6.07, 6.45) is 0.0473. The third kappa shape index (κ3) is 3.28. The van der Waals surface area contributed by atoms with Gasteiger partial charge in [-0.25, -0.2) is 4.39 Å². The molecule has 2 amide bonds. The number of aromatic amines is 1. The maximum Gasteiger partial charge on any atom is 0.229 e. The van der Waals surface area contributed by atoms with E-state index in [1.807, 2.05) is 6.92 Å². The molecule has 0 spiro atoms. The van der Waals surface area contributed by atoms with Gasteiger partial charge >= 0.3 is 0 Å². The molecule has 1 fully saturated rings. The number of rotatable bonds is 5. The second-order valence-corrected chi connectivity index (χ2v) is 6.56. The summed E-state index contributed by atoms with van der Waals surface area (Å²) in [5, 5.41) is 9.88. The lowest BCUT2D eigenvalue weighted by Crippen LogP contribution is -2.28. The molecule has 0 saturated carbocycles. The van der Waals surface area contributed by atoms with E-state index in [2.05, 4.69) is 15.5 Å². The van der Waals surface area contributed by atoms with E-state index < -0.39 is 11.7 Å². The zero-order chi connectivity index (χ0) is 19.7. The number of nitrogens with one attached hydrogen (secondary N) is 2. The molecule has 28 heavy (non-hydrogen) atoms. The van der Waals surface area contributed by atoms with E-state index in [0.29, 0.717) is 17.8 Å². The van der Waals surface area contributed by atoms with Gasteiger partial charge in [0.05, 0.1) is 23.4 Å². The Bertz CT molecular complexity index is 1030. The first-order chi connectivity index (χ1) is 13.6. The highest BCUT2D eigenvalue weighted by Crippen LogP contribution is 2.31. The van der Waals surface area contributed by atoms with Crippen molar-refractivity contribution < 1.29 is 18.7 Å². The highest BCUT2D eigenvalue weighted by atomic mass is 19.1. The quantitative estimate of drug-likeness (QED) is 0.710. The largest absolute Gasteiger partial charge is 0.494 e. The van der Waals surface area contributed by atoms with Crippen LogP contribution in [0, 0.1) is 11.7 Å². The van der Waals surface area contributed by atoms with Gasteiger partial charge in [0.15, 0.2) is 5.82 Å². The SMILES string of the molecule is CCOc1ccc(NC(=O)[C@H]2CC(=O)N(c3n[nH]c4cccc(F)c34)C2)cc1. The first-order valence-corrected chi connectivity index (χ1v) is 9.03. The van der Waals surface area contributed by atoms with Gasteiger partial charge < -0.3 is 10.1 Å². The number of benzene rings is 2. The first kappa shape index (κ1) is 18.0. The van der Waals surface area contributed by atoms with Crippen molar-refractivity contribution in [1.29, 1.82) is 0 Å². The minimum atomic E-state index is -0.544. The Balaban J connectivity index is 1.49. The number of hydrogen-bond acceptors (Lipinski definition) is 4. The van der Waals surface area contributed by atoms with E-state index in [-0.39, 0.29) is 36.0 Å². The van der Waals surface area contributed by atoms with Crippen molar-refractivity contribution in [3.8, 4) is 5.75 Å². The molecule has 3 aromatic rings. The van der Waals surface area contributed by atoms with Crippen LogP contribution in [-0.2, 0) is 9.59 Å². The van der Waals surface area contributed by atoms with Crippen LogP contribution in [0.15, 0.2) is 42.5 Å². The van der Waals surface area contributed by atoms with Crippen molar-refractivity contribution in [2.45, 2.75) is 13.3 Å². The van der Waals surface area contributed by atoms with Crippen LogP contribution in [0.2, 0.25) is 0 Å². The molecular formula is C20H19FN4O3. The van der Waals surface area contributed by atoms with Crippen LogP contribution in [0.5, 0.6) is 5.75 Å². The van der Waals surface area contributed by atoms with Gasteiger partial charge in [-0.3, -0.25) is 19.6 Å². The number of carbonyl (C=O) groups excluding carboxylic acids is 2. The van der Waals surface area contributed by atoms with Crippen LogP contribution in [-0.4, -0.2) is 35.2 Å². The molecule has 2 aromatic carbocycles. The Morgan fingerprint density at radius 3 is 2.86 bits per heavy atom. The zero-order valence-corrected chi connectivity index (χ0v) is 15.2. The molecule has 8 heteroatoms. The fourth-order valence-corrected chi connectivity index (χ4v) is 3.34. The number of H-pyrrole nitrogens is 1. The van der Waals surface area contributed by atoms with Gasteiger partial charge in [0.25, 0.3) is 0 Å². The summed E-state index contributed by atoms with van der Waals surface area (Å²) < 4.78 is 19.6. The molecule has 0 unspecified atom stereocenters. The molecule has 1 aliphatic heterocycles. The normalized spacial score (nSPS) is 16.6. The van der Waals surface area contributed by atoms with Crippen LogP contribution in [0.1, 0.15) is 13.3 Å². The number of halogens is 1. The molecule has 0 radical (unpaired) electrons. The Morgan fingerprint density at radius 2 is 2.11 bits per heavy atom. The number of fused-ring (bicyclic) bond motifs is 1. The van der Waals surface area contributed by atoms with E-state index in [9.17, 15) is 14.0 Å². The van der Waals surface area contributed by atoms with E-state index in [0.717, 1.165) is 5.75 Å². The van der Waals surface area contributed by atoms with E-state index in [1.54, 1.807) is 36.4 Å². The fraction of sp³-hybridized carbons (Fsp3) is 0.250. The number of nitrogens with zero attached hydrogens (tertiary/aromatic N) is 2. The lowest BCUT2D eigenvalue weighted by molar-refractivity contribution is -0.122. The summed E-state index contributed by atoms with van der Waals surface area (Å²) in [6, 6.07) is 11.6. The summed E-state index contributed by atoms with van der Waals surface area (Å²) in [5.41, 5.74) is 1.13. The Morgan fingerprint density at radius 1 is 1.32 bits per heavy atom. The molecule has 4 rings (SSSR count). The van der Waals surface area contributed by atoms with Gasteiger partial charge in [-0.1, -0.05) is 6.07 Å². The van der Waals surface area contributed by atoms with Crippen molar-refractivity contribution in [2.75, 3.05) is 23.4 Å². The molecule has 0 aliphatic carbocycles. The second kappa shape index (κ2) is 7.30. The topological polar surface area (TPSA) is 87.3 Å². The third-order valence-electron chi connectivity index (χ3n) is 4.70. The molecule has 1 aromatic heterocycles. The van der Waals surface area contributed by atoms with E-state index in [4.69, 9.17) is 4.74 Å². The average molecular weight is 382 g/mol. The van der Waals surface area contributed by atoms with Gasteiger partial charge in [-0.05, 0) is 43.3 Å². The highest BCUT2D eigenvalue weighted by Gasteiger charge is 2.37. The summed E-state index contributed by atoms with van der Waals surface area (Å²) in [5.74, 6) is -0.595. The molecule has 1 aliphatic rings. The van der Waals surface area contributed by atoms with Crippen molar-refractivity contribution in [1.82, 2.24) is 10.2 Å².